The largest absolute Gasteiger partial charge is 0.497 e. The normalized spacial score (nSPS) is 14.6. The van der Waals surface area contributed by atoms with E-state index >= 15 is 0 Å². The number of rotatable bonds is 6. The molecule has 0 aliphatic carbocycles. The number of thiazole rings is 1. The average Bonchev–Trinajstić information content (AvgIpc) is 3.32. The van der Waals surface area contributed by atoms with Crippen LogP contribution in [0.15, 0.2) is 53.9 Å². The second-order valence-electron chi connectivity index (χ2n) is 9.73. The van der Waals surface area contributed by atoms with Crippen LogP contribution in [-0.4, -0.2) is 59.9 Å². The lowest BCUT2D eigenvalue weighted by atomic mass is 9.95. The Morgan fingerprint density at radius 2 is 1.77 bits per heavy atom. The lowest BCUT2D eigenvalue weighted by Gasteiger charge is -2.34. The summed E-state index contributed by atoms with van der Waals surface area (Å²) < 4.78 is 5.23. The van der Waals surface area contributed by atoms with Gasteiger partial charge in [0.15, 0.2) is 0 Å². The van der Waals surface area contributed by atoms with E-state index in [1.807, 2.05) is 62.1 Å². The third kappa shape index (κ3) is 6.26. The number of hydrogen-bond donors (Lipinski definition) is 1. The molecule has 1 N–H and O–H groups in total. The molecule has 0 radical (unpaired) electrons. The number of methoxy groups -OCH3 is 1. The topological polar surface area (TPSA) is 74.8 Å². The maximum absolute atomic E-state index is 13.1. The van der Waals surface area contributed by atoms with Crippen molar-refractivity contribution in [3.05, 3.63) is 65.2 Å². The first-order valence-corrected chi connectivity index (χ1v) is 12.6. The SMILES string of the molecule is COc1ccc(-c2nc(CN3CCN(C(=O)c4cccc(NC(=O)C(C)(C)C)c4)CC3)cs2)cc1. The number of carbonyl (C=O) groups is 2. The minimum absolute atomic E-state index is 0.00745. The predicted molar refractivity (Wildman–Crippen MR) is 140 cm³/mol. The van der Waals surface area contributed by atoms with Gasteiger partial charge in [-0.3, -0.25) is 14.5 Å². The fourth-order valence-electron chi connectivity index (χ4n) is 3.82. The Balaban J connectivity index is 1.31. The fourth-order valence-corrected chi connectivity index (χ4v) is 4.63. The van der Waals surface area contributed by atoms with Gasteiger partial charge in [-0.2, -0.15) is 0 Å². The van der Waals surface area contributed by atoms with E-state index in [0.29, 0.717) is 24.3 Å². The first-order chi connectivity index (χ1) is 16.7. The van der Waals surface area contributed by atoms with Gasteiger partial charge in [0.25, 0.3) is 5.91 Å². The second kappa shape index (κ2) is 10.6. The summed E-state index contributed by atoms with van der Waals surface area (Å²) >= 11 is 1.64. The van der Waals surface area contributed by atoms with Crippen molar-refractivity contribution < 1.29 is 14.3 Å². The summed E-state index contributed by atoms with van der Waals surface area (Å²) in [5, 5.41) is 6.00. The van der Waals surface area contributed by atoms with Gasteiger partial charge in [0.2, 0.25) is 5.91 Å². The highest BCUT2D eigenvalue weighted by Gasteiger charge is 2.24. The van der Waals surface area contributed by atoms with Gasteiger partial charge in [0.1, 0.15) is 10.8 Å². The molecule has 2 amide bonds. The van der Waals surface area contributed by atoms with Gasteiger partial charge in [-0.15, -0.1) is 11.3 Å². The third-order valence-corrected chi connectivity index (χ3v) is 6.92. The molecule has 0 spiro atoms. The Hall–Kier alpha value is -3.23. The van der Waals surface area contributed by atoms with E-state index in [1.54, 1.807) is 30.6 Å². The van der Waals surface area contributed by atoms with Gasteiger partial charge in [0, 0.05) is 60.3 Å². The van der Waals surface area contributed by atoms with Crippen LogP contribution in [-0.2, 0) is 11.3 Å². The van der Waals surface area contributed by atoms with Crippen molar-refractivity contribution in [2.24, 2.45) is 5.41 Å². The van der Waals surface area contributed by atoms with Crippen LogP contribution in [0.3, 0.4) is 0 Å². The van der Waals surface area contributed by atoms with Crippen LogP contribution in [0.4, 0.5) is 5.69 Å². The number of benzene rings is 2. The monoisotopic (exact) mass is 492 g/mol. The number of amides is 2. The van der Waals surface area contributed by atoms with Crippen LogP contribution in [0, 0.1) is 5.41 Å². The molecular weight excluding hydrogens is 460 g/mol. The highest BCUT2D eigenvalue weighted by molar-refractivity contribution is 7.13. The summed E-state index contributed by atoms with van der Waals surface area (Å²) in [6.45, 7) is 9.26. The van der Waals surface area contributed by atoms with Crippen molar-refractivity contribution in [2.75, 3.05) is 38.6 Å². The van der Waals surface area contributed by atoms with Crippen LogP contribution in [0.2, 0.25) is 0 Å². The number of aromatic nitrogens is 1. The van der Waals surface area contributed by atoms with E-state index in [1.165, 1.54) is 0 Å². The van der Waals surface area contributed by atoms with E-state index in [0.717, 1.165) is 41.6 Å². The first kappa shape index (κ1) is 24.9. The quantitative estimate of drug-likeness (QED) is 0.537. The molecular formula is C27H32N4O3S. The molecule has 4 rings (SSSR count). The van der Waals surface area contributed by atoms with Crippen molar-refractivity contribution in [1.29, 1.82) is 0 Å². The van der Waals surface area contributed by atoms with Crippen molar-refractivity contribution >= 4 is 28.8 Å². The average molecular weight is 493 g/mol. The van der Waals surface area contributed by atoms with Crippen molar-refractivity contribution in [2.45, 2.75) is 27.3 Å². The van der Waals surface area contributed by atoms with Gasteiger partial charge in [-0.05, 0) is 42.5 Å². The second-order valence-corrected chi connectivity index (χ2v) is 10.6. The molecule has 2 aromatic carbocycles. The molecule has 7 nitrogen and oxygen atoms in total. The molecule has 184 valence electrons. The summed E-state index contributed by atoms with van der Waals surface area (Å²) in [7, 11) is 1.66. The number of carbonyl (C=O) groups excluding carboxylic acids is 2. The minimum atomic E-state index is -0.497. The number of hydrogen-bond acceptors (Lipinski definition) is 6. The van der Waals surface area contributed by atoms with E-state index in [2.05, 4.69) is 15.6 Å². The molecule has 1 aromatic heterocycles. The Labute approximate surface area is 210 Å². The molecule has 3 aromatic rings. The number of anilines is 1. The highest BCUT2D eigenvalue weighted by atomic mass is 32.1. The molecule has 1 saturated heterocycles. The molecule has 0 unspecified atom stereocenters. The van der Waals surface area contributed by atoms with E-state index in [9.17, 15) is 9.59 Å². The van der Waals surface area contributed by atoms with Crippen LogP contribution >= 0.6 is 11.3 Å². The minimum Gasteiger partial charge on any atom is -0.497 e. The fraction of sp³-hybridized carbons (Fsp3) is 0.370. The maximum atomic E-state index is 13.1. The summed E-state index contributed by atoms with van der Waals surface area (Å²) in [5.41, 5.74) is 2.86. The zero-order chi connectivity index (χ0) is 25.0. The van der Waals surface area contributed by atoms with Gasteiger partial charge in [-0.1, -0.05) is 26.8 Å². The molecule has 0 saturated carbocycles. The van der Waals surface area contributed by atoms with Crippen LogP contribution in [0.5, 0.6) is 5.75 Å². The van der Waals surface area contributed by atoms with Crippen molar-refractivity contribution in [3.8, 4) is 16.3 Å². The maximum Gasteiger partial charge on any atom is 0.254 e. The molecule has 0 atom stereocenters. The molecule has 2 heterocycles. The van der Waals surface area contributed by atoms with Gasteiger partial charge >= 0.3 is 0 Å². The predicted octanol–water partition coefficient (Wildman–Crippen LogP) is 4.76. The summed E-state index contributed by atoms with van der Waals surface area (Å²) in [6, 6.07) is 15.1. The van der Waals surface area contributed by atoms with E-state index in [-0.39, 0.29) is 11.8 Å². The zero-order valence-corrected chi connectivity index (χ0v) is 21.5. The smallest absolute Gasteiger partial charge is 0.254 e. The molecule has 1 aliphatic rings. The van der Waals surface area contributed by atoms with Crippen molar-refractivity contribution in [1.82, 2.24) is 14.8 Å². The van der Waals surface area contributed by atoms with Crippen LogP contribution in [0.1, 0.15) is 36.8 Å². The summed E-state index contributed by atoms with van der Waals surface area (Å²) in [5.74, 6) is 0.749. The van der Waals surface area contributed by atoms with Crippen LogP contribution < -0.4 is 10.1 Å². The summed E-state index contributed by atoms with van der Waals surface area (Å²) in [6.07, 6.45) is 0. The van der Waals surface area contributed by atoms with Crippen molar-refractivity contribution in [3.63, 3.8) is 0 Å². The molecule has 8 heteroatoms. The lowest BCUT2D eigenvalue weighted by molar-refractivity contribution is -0.123. The van der Waals surface area contributed by atoms with Gasteiger partial charge in [0.05, 0.1) is 12.8 Å². The Bertz CT molecular complexity index is 1180. The number of piperazine rings is 1. The lowest BCUT2D eigenvalue weighted by Crippen LogP contribution is -2.48. The highest BCUT2D eigenvalue weighted by Crippen LogP contribution is 2.26. The van der Waals surface area contributed by atoms with E-state index < -0.39 is 5.41 Å². The summed E-state index contributed by atoms with van der Waals surface area (Å²) in [4.78, 5) is 34.4. The molecule has 0 bridgehead atoms. The van der Waals surface area contributed by atoms with Gasteiger partial charge in [-0.25, -0.2) is 4.98 Å². The Morgan fingerprint density at radius 1 is 1.06 bits per heavy atom. The number of nitrogens with zero attached hydrogens (tertiary/aromatic N) is 3. The van der Waals surface area contributed by atoms with Crippen LogP contribution in [0.25, 0.3) is 10.6 Å². The molecule has 1 fully saturated rings. The van der Waals surface area contributed by atoms with E-state index in [4.69, 9.17) is 9.72 Å². The van der Waals surface area contributed by atoms with Gasteiger partial charge < -0.3 is 15.0 Å². The third-order valence-electron chi connectivity index (χ3n) is 5.98. The standard InChI is InChI=1S/C27H32N4O3S/c1-27(2,3)26(33)29-21-7-5-6-20(16-21)25(32)31-14-12-30(13-15-31)17-22-18-35-24(28-22)19-8-10-23(34-4)11-9-19/h5-11,16,18H,12-15,17H2,1-4H3,(H,29,33). The molecule has 1 aliphatic heterocycles. The Morgan fingerprint density at radius 3 is 2.43 bits per heavy atom. The Kier molecular flexibility index (Phi) is 7.52. The number of nitrogens with one attached hydrogen (secondary N) is 1. The first-order valence-electron chi connectivity index (χ1n) is 11.7. The zero-order valence-electron chi connectivity index (χ0n) is 20.7. The number of ether oxygens (including phenoxy) is 1. The molecule has 35 heavy (non-hydrogen) atoms.